The summed E-state index contributed by atoms with van der Waals surface area (Å²) >= 11 is 0. The van der Waals surface area contributed by atoms with E-state index in [2.05, 4.69) is 29.4 Å². The molecule has 0 aromatic carbocycles. The Labute approximate surface area is 167 Å². The second-order valence-corrected chi connectivity index (χ2v) is 10.7. The van der Waals surface area contributed by atoms with Gasteiger partial charge < -0.3 is 5.11 Å². The summed E-state index contributed by atoms with van der Waals surface area (Å²) in [5, 5.41) is 21.4. The Kier molecular flexibility index (Phi) is 4.42. The van der Waals surface area contributed by atoms with Gasteiger partial charge >= 0.3 is 0 Å². The van der Waals surface area contributed by atoms with Gasteiger partial charge in [0.2, 0.25) is 0 Å². The lowest BCUT2D eigenvalue weighted by atomic mass is 9.44. The van der Waals surface area contributed by atoms with E-state index in [4.69, 9.17) is 0 Å². The Bertz CT molecular complexity index is 737. The van der Waals surface area contributed by atoms with Gasteiger partial charge in [0.1, 0.15) is 12.9 Å². The van der Waals surface area contributed by atoms with Gasteiger partial charge in [-0.1, -0.05) is 13.8 Å². The highest BCUT2D eigenvalue weighted by Crippen LogP contribution is 2.67. The van der Waals surface area contributed by atoms with E-state index in [0.29, 0.717) is 29.6 Å². The number of fused-ring (bicyclic) bond motifs is 5. The van der Waals surface area contributed by atoms with Crippen LogP contribution in [0.4, 0.5) is 0 Å². The monoisotopic (exact) mass is 386 g/mol. The van der Waals surface area contributed by atoms with Gasteiger partial charge in [-0.05, 0) is 103 Å². The van der Waals surface area contributed by atoms with Crippen LogP contribution in [-0.4, -0.2) is 37.2 Å². The molecular formula is C22H34N4O2. The van der Waals surface area contributed by atoms with Gasteiger partial charge in [-0.2, -0.15) is 0 Å². The maximum atomic E-state index is 13.1. The summed E-state index contributed by atoms with van der Waals surface area (Å²) in [7, 11) is 0. The normalized spacial score (nSPS) is 47.8. The van der Waals surface area contributed by atoms with Crippen molar-refractivity contribution >= 4 is 5.78 Å². The van der Waals surface area contributed by atoms with Gasteiger partial charge in [0.25, 0.3) is 0 Å². The first-order valence-electron chi connectivity index (χ1n) is 11.3. The zero-order valence-corrected chi connectivity index (χ0v) is 17.3. The van der Waals surface area contributed by atoms with Crippen LogP contribution >= 0.6 is 0 Å². The number of Topliss-reactive ketones (excluding diaryl/α,β-unsaturated/α-hetero) is 1. The molecule has 2 unspecified atom stereocenters. The molecule has 1 aromatic rings. The molecule has 1 N–H and O–H groups in total. The fourth-order valence-electron chi connectivity index (χ4n) is 8.29. The molecule has 28 heavy (non-hydrogen) atoms. The van der Waals surface area contributed by atoms with Crippen molar-refractivity contribution in [1.82, 2.24) is 20.2 Å². The standard InChI is InChI=1S/C22H34N4O2/c1-21-9-7-15(27)11-14(21)3-4-16-17-5-6-19(22(17,2)10-8-18(16)21)20(28)12-26-13-23-24-25-26/h13-19,27H,3-12H2,1-2H3/t14?,15?,16-,17-,18-,19+,21-,22-/m0/s1. The Morgan fingerprint density at radius 1 is 1.07 bits per heavy atom. The number of aliphatic hydroxyl groups is 1. The van der Waals surface area contributed by atoms with Crippen LogP contribution in [-0.2, 0) is 11.3 Å². The first-order valence-corrected chi connectivity index (χ1v) is 11.3. The van der Waals surface area contributed by atoms with Crippen LogP contribution in [0.1, 0.15) is 71.6 Å². The topological polar surface area (TPSA) is 80.9 Å². The lowest BCUT2D eigenvalue weighted by molar-refractivity contribution is -0.140. The highest BCUT2D eigenvalue weighted by molar-refractivity contribution is 5.82. The van der Waals surface area contributed by atoms with E-state index >= 15 is 0 Å². The van der Waals surface area contributed by atoms with Gasteiger partial charge in [0.15, 0.2) is 5.78 Å². The third-order valence-electron chi connectivity index (χ3n) is 9.74. The summed E-state index contributed by atoms with van der Waals surface area (Å²) < 4.78 is 1.57. The molecule has 0 bridgehead atoms. The average molecular weight is 387 g/mol. The summed E-state index contributed by atoms with van der Waals surface area (Å²) in [5.41, 5.74) is 0.543. The highest BCUT2D eigenvalue weighted by Gasteiger charge is 2.61. The molecule has 8 atom stereocenters. The van der Waals surface area contributed by atoms with Crippen molar-refractivity contribution in [3.8, 4) is 0 Å². The first kappa shape index (κ1) is 18.7. The number of aliphatic hydroxyl groups excluding tert-OH is 1. The van der Waals surface area contributed by atoms with Gasteiger partial charge in [-0.3, -0.25) is 4.79 Å². The van der Waals surface area contributed by atoms with Crippen molar-refractivity contribution in [2.75, 3.05) is 0 Å². The first-order chi connectivity index (χ1) is 13.4. The number of ketones is 1. The van der Waals surface area contributed by atoms with E-state index in [9.17, 15) is 9.90 Å². The summed E-state index contributed by atoms with van der Waals surface area (Å²) in [4.78, 5) is 13.1. The molecule has 4 aliphatic rings. The van der Waals surface area contributed by atoms with Crippen LogP contribution in [0.5, 0.6) is 0 Å². The molecular weight excluding hydrogens is 352 g/mol. The number of hydrogen-bond donors (Lipinski definition) is 1. The maximum Gasteiger partial charge on any atom is 0.158 e. The molecule has 6 heteroatoms. The predicted octanol–water partition coefficient (Wildman–Crippen LogP) is 3.26. The lowest BCUT2D eigenvalue weighted by Crippen LogP contribution is -2.54. The number of aromatic nitrogens is 4. The van der Waals surface area contributed by atoms with Crippen LogP contribution < -0.4 is 0 Å². The largest absolute Gasteiger partial charge is 0.393 e. The molecule has 0 radical (unpaired) electrons. The fraction of sp³-hybridized carbons (Fsp3) is 0.909. The van der Waals surface area contributed by atoms with E-state index in [1.807, 2.05) is 0 Å². The van der Waals surface area contributed by atoms with E-state index < -0.39 is 0 Å². The van der Waals surface area contributed by atoms with Gasteiger partial charge in [0, 0.05) is 5.92 Å². The average Bonchev–Trinajstić information content (AvgIpc) is 3.29. The Morgan fingerprint density at radius 2 is 1.86 bits per heavy atom. The van der Waals surface area contributed by atoms with Crippen molar-refractivity contribution in [2.24, 2.45) is 40.4 Å². The number of carbonyl (C=O) groups is 1. The summed E-state index contributed by atoms with van der Waals surface area (Å²) in [5.74, 6) is 3.39. The van der Waals surface area contributed by atoms with Crippen molar-refractivity contribution in [3.05, 3.63) is 6.33 Å². The molecule has 0 saturated heterocycles. The molecule has 1 aromatic heterocycles. The molecule has 6 nitrogen and oxygen atoms in total. The van der Waals surface area contributed by atoms with Crippen LogP contribution in [0, 0.1) is 40.4 Å². The fourth-order valence-corrected chi connectivity index (χ4v) is 8.29. The van der Waals surface area contributed by atoms with Crippen LogP contribution in [0.25, 0.3) is 0 Å². The number of tetrazole rings is 1. The minimum Gasteiger partial charge on any atom is -0.393 e. The van der Waals surface area contributed by atoms with Crippen LogP contribution in [0.3, 0.4) is 0 Å². The number of carbonyl (C=O) groups excluding carboxylic acids is 1. The van der Waals surface area contributed by atoms with Crippen molar-refractivity contribution < 1.29 is 9.90 Å². The number of hydrogen-bond acceptors (Lipinski definition) is 5. The second kappa shape index (κ2) is 6.61. The molecule has 0 aliphatic heterocycles. The van der Waals surface area contributed by atoms with Crippen molar-refractivity contribution in [2.45, 2.75) is 84.3 Å². The molecule has 4 aliphatic carbocycles. The Hall–Kier alpha value is -1.30. The smallest absolute Gasteiger partial charge is 0.158 e. The summed E-state index contributed by atoms with van der Waals surface area (Å²) in [6.07, 6.45) is 11.9. The molecule has 4 fully saturated rings. The minimum atomic E-state index is -0.0803. The molecule has 1 heterocycles. The third-order valence-corrected chi connectivity index (χ3v) is 9.74. The Morgan fingerprint density at radius 3 is 2.64 bits per heavy atom. The lowest BCUT2D eigenvalue weighted by Gasteiger charge is -2.60. The van der Waals surface area contributed by atoms with Gasteiger partial charge in [-0.15, -0.1) is 5.10 Å². The van der Waals surface area contributed by atoms with E-state index in [0.717, 1.165) is 31.1 Å². The molecule has 0 amide bonds. The van der Waals surface area contributed by atoms with E-state index in [1.54, 1.807) is 11.0 Å². The zero-order valence-electron chi connectivity index (χ0n) is 17.3. The molecule has 5 rings (SSSR count). The van der Waals surface area contributed by atoms with Crippen LogP contribution in [0.2, 0.25) is 0 Å². The number of rotatable bonds is 3. The molecule has 154 valence electrons. The highest BCUT2D eigenvalue weighted by atomic mass is 16.3. The predicted molar refractivity (Wildman–Crippen MR) is 104 cm³/mol. The SMILES string of the molecule is C[C@]12CC[C@H]3[C@@H](CCC4CC(O)CC[C@@]43C)[C@@H]1CC[C@@H]2C(=O)Cn1cnnn1. The quantitative estimate of drug-likeness (QED) is 0.862. The van der Waals surface area contributed by atoms with Gasteiger partial charge in [-0.25, -0.2) is 4.68 Å². The summed E-state index contributed by atoms with van der Waals surface area (Å²) in [6, 6.07) is 0. The number of nitrogens with zero attached hydrogens (tertiary/aromatic N) is 4. The Balaban J connectivity index is 1.36. The molecule has 0 spiro atoms. The van der Waals surface area contributed by atoms with Crippen molar-refractivity contribution in [1.29, 1.82) is 0 Å². The maximum absolute atomic E-state index is 13.1. The van der Waals surface area contributed by atoms with E-state index in [-0.39, 0.29) is 17.4 Å². The zero-order chi connectivity index (χ0) is 19.5. The van der Waals surface area contributed by atoms with Crippen molar-refractivity contribution in [3.63, 3.8) is 0 Å². The minimum absolute atomic E-state index is 0.0803. The third kappa shape index (κ3) is 2.70. The summed E-state index contributed by atoms with van der Waals surface area (Å²) in [6.45, 7) is 5.24. The second-order valence-electron chi connectivity index (χ2n) is 10.7. The van der Waals surface area contributed by atoms with Crippen LogP contribution in [0.15, 0.2) is 6.33 Å². The van der Waals surface area contributed by atoms with Gasteiger partial charge in [0.05, 0.1) is 6.10 Å². The van der Waals surface area contributed by atoms with E-state index in [1.165, 1.54) is 38.5 Å². The molecule has 4 saturated carbocycles.